The van der Waals surface area contributed by atoms with Gasteiger partial charge in [0.25, 0.3) is 0 Å². The zero-order valence-electron chi connectivity index (χ0n) is 20.0. The summed E-state index contributed by atoms with van der Waals surface area (Å²) >= 11 is 0. The van der Waals surface area contributed by atoms with Gasteiger partial charge < -0.3 is 19.3 Å². The Kier molecular flexibility index (Phi) is 6.72. The number of nitrogens with zero attached hydrogens (tertiary/aromatic N) is 3. The summed E-state index contributed by atoms with van der Waals surface area (Å²) < 4.78 is 24.4. The molecule has 3 aromatic rings. The third-order valence-electron chi connectivity index (χ3n) is 5.43. The molecule has 0 bridgehead atoms. The van der Waals surface area contributed by atoms with E-state index in [1.807, 2.05) is 52.0 Å². The third kappa shape index (κ3) is 6.04. The van der Waals surface area contributed by atoms with Crippen LogP contribution in [-0.2, 0) is 4.74 Å². The van der Waals surface area contributed by atoms with Crippen LogP contribution in [0.3, 0.4) is 0 Å². The highest BCUT2D eigenvalue weighted by Crippen LogP contribution is 2.28. The standard InChI is InChI=1S/C27H30FN3O3/c1-19-17-22(30-13-15-31(16-14-30)26(32)34-27(2,3)4)18-25(29-19)20-5-9-23(10-6-20)33-24-11-7-21(28)8-12-24/h5-12,17-18H,13-16H2,1-4H3. The highest BCUT2D eigenvalue weighted by molar-refractivity contribution is 5.69. The van der Waals surface area contributed by atoms with Crippen molar-refractivity contribution in [1.29, 1.82) is 0 Å². The van der Waals surface area contributed by atoms with Crippen LogP contribution < -0.4 is 9.64 Å². The first-order valence-corrected chi connectivity index (χ1v) is 11.4. The monoisotopic (exact) mass is 463 g/mol. The van der Waals surface area contributed by atoms with Crippen molar-refractivity contribution in [3.63, 3.8) is 0 Å². The largest absolute Gasteiger partial charge is 0.457 e. The van der Waals surface area contributed by atoms with Crippen LogP contribution in [0.25, 0.3) is 11.3 Å². The molecular formula is C27H30FN3O3. The maximum Gasteiger partial charge on any atom is 0.410 e. The van der Waals surface area contributed by atoms with E-state index < -0.39 is 5.60 Å². The average Bonchev–Trinajstić information content (AvgIpc) is 2.80. The first kappa shape index (κ1) is 23.5. The summed E-state index contributed by atoms with van der Waals surface area (Å²) in [6, 6.07) is 17.8. The number of hydrogen-bond acceptors (Lipinski definition) is 5. The lowest BCUT2D eigenvalue weighted by Gasteiger charge is -2.37. The highest BCUT2D eigenvalue weighted by atomic mass is 19.1. The number of rotatable bonds is 4. The number of pyridine rings is 1. The number of amides is 1. The van der Waals surface area contributed by atoms with E-state index in [4.69, 9.17) is 14.5 Å². The fourth-order valence-corrected chi connectivity index (χ4v) is 3.79. The Hall–Kier alpha value is -3.61. The molecule has 0 saturated carbocycles. The number of anilines is 1. The average molecular weight is 464 g/mol. The smallest absolute Gasteiger partial charge is 0.410 e. The van der Waals surface area contributed by atoms with Crippen LogP contribution in [0.1, 0.15) is 26.5 Å². The molecule has 34 heavy (non-hydrogen) atoms. The molecule has 178 valence electrons. The van der Waals surface area contributed by atoms with Gasteiger partial charge >= 0.3 is 6.09 Å². The van der Waals surface area contributed by atoms with Crippen LogP contribution in [-0.4, -0.2) is 47.8 Å². The molecule has 1 aliphatic rings. The summed E-state index contributed by atoms with van der Waals surface area (Å²) in [7, 11) is 0. The zero-order chi connectivity index (χ0) is 24.3. The Balaban J connectivity index is 1.43. The Labute approximate surface area is 199 Å². The maximum atomic E-state index is 13.1. The molecule has 0 spiro atoms. The van der Waals surface area contributed by atoms with Crippen molar-refractivity contribution in [2.75, 3.05) is 31.1 Å². The quantitative estimate of drug-likeness (QED) is 0.472. The van der Waals surface area contributed by atoms with Crippen molar-refractivity contribution in [1.82, 2.24) is 9.88 Å². The molecule has 4 rings (SSSR count). The first-order valence-electron chi connectivity index (χ1n) is 11.4. The molecular weight excluding hydrogens is 433 g/mol. The van der Waals surface area contributed by atoms with Crippen LogP contribution in [0, 0.1) is 12.7 Å². The van der Waals surface area contributed by atoms with Crippen LogP contribution in [0.2, 0.25) is 0 Å². The van der Waals surface area contributed by atoms with Gasteiger partial charge in [-0.15, -0.1) is 0 Å². The van der Waals surface area contributed by atoms with Crippen molar-refractivity contribution in [2.45, 2.75) is 33.3 Å². The van der Waals surface area contributed by atoms with Crippen molar-refractivity contribution in [3.8, 4) is 22.8 Å². The molecule has 1 amide bonds. The topological polar surface area (TPSA) is 54.9 Å². The van der Waals surface area contributed by atoms with Gasteiger partial charge in [0.05, 0.1) is 5.69 Å². The molecule has 2 heterocycles. The maximum absolute atomic E-state index is 13.1. The number of ether oxygens (including phenoxy) is 2. The number of carbonyl (C=O) groups is 1. The second-order valence-corrected chi connectivity index (χ2v) is 9.39. The van der Waals surface area contributed by atoms with Crippen molar-refractivity contribution in [3.05, 3.63) is 72.2 Å². The molecule has 0 radical (unpaired) electrons. The number of halogens is 1. The minimum atomic E-state index is -0.495. The van der Waals surface area contributed by atoms with E-state index in [1.54, 1.807) is 17.0 Å². The van der Waals surface area contributed by atoms with E-state index in [2.05, 4.69) is 17.0 Å². The van der Waals surface area contributed by atoms with Gasteiger partial charge in [-0.2, -0.15) is 0 Å². The van der Waals surface area contributed by atoms with Crippen LogP contribution >= 0.6 is 0 Å². The fourth-order valence-electron chi connectivity index (χ4n) is 3.79. The van der Waals surface area contributed by atoms with E-state index in [0.717, 1.165) is 35.7 Å². The summed E-state index contributed by atoms with van der Waals surface area (Å²) in [5, 5.41) is 0. The van der Waals surface area contributed by atoms with E-state index >= 15 is 0 Å². The lowest BCUT2D eigenvalue weighted by Crippen LogP contribution is -2.50. The van der Waals surface area contributed by atoms with Gasteiger partial charge in [0, 0.05) is 43.1 Å². The summed E-state index contributed by atoms with van der Waals surface area (Å²) in [5.74, 6) is 0.951. The van der Waals surface area contributed by atoms with Gasteiger partial charge in [0.15, 0.2) is 0 Å². The van der Waals surface area contributed by atoms with E-state index in [-0.39, 0.29) is 11.9 Å². The Morgan fingerprint density at radius 1 is 0.912 bits per heavy atom. The number of benzene rings is 2. The molecule has 2 aromatic carbocycles. The molecule has 1 aliphatic heterocycles. The van der Waals surface area contributed by atoms with Gasteiger partial charge in [-0.1, -0.05) is 0 Å². The molecule has 0 aliphatic carbocycles. The lowest BCUT2D eigenvalue weighted by atomic mass is 10.1. The second-order valence-electron chi connectivity index (χ2n) is 9.39. The molecule has 1 aromatic heterocycles. The van der Waals surface area contributed by atoms with Gasteiger partial charge in [-0.25, -0.2) is 9.18 Å². The molecule has 0 N–H and O–H groups in total. The van der Waals surface area contributed by atoms with Crippen molar-refractivity contribution >= 4 is 11.8 Å². The number of hydrogen-bond donors (Lipinski definition) is 0. The molecule has 0 atom stereocenters. The third-order valence-corrected chi connectivity index (χ3v) is 5.43. The van der Waals surface area contributed by atoms with Gasteiger partial charge in [-0.05, 0) is 88.4 Å². The summed E-state index contributed by atoms with van der Waals surface area (Å²) in [4.78, 5) is 21.1. The van der Waals surface area contributed by atoms with E-state index in [9.17, 15) is 9.18 Å². The Morgan fingerprint density at radius 2 is 1.50 bits per heavy atom. The van der Waals surface area contributed by atoms with Crippen molar-refractivity contribution in [2.24, 2.45) is 0 Å². The van der Waals surface area contributed by atoms with E-state index in [0.29, 0.717) is 24.6 Å². The predicted octanol–water partition coefficient (Wildman–Crippen LogP) is 6.05. The highest BCUT2D eigenvalue weighted by Gasteiger charge is 2.26. The molecule has 6 nitrogen and oxygen atoms in total. The van der Waals surface area contributed by atoms with Crippen molar-refractivity contribution < 1.29 is 18.7 Å². The molecule has 1 fully saturated rings. The summed E-state index contributed by atoms with van der Waals surface area (Å²) in [5.41, 5.74) is 3.36. The minimum Gasteiger partial charge on any atom is -0.457 e. The number of carbonyl (C=O) groups excluding carboxylic acids is 1. The van der Waals surface area contributed by atoms with Crippen LogP contribution in [0.5, 0.6) is 11.5 Å². The SMILES string of the molecule is Cc1cc(N2CCN(C(=O)OC(C)(C)C)CC2)cc(-c2ccc(Oc3ccc(F)cc3)cc2)n1. The fraction of sp³-hybridized carbons (Fsp3) is 0.333. The number of piperazine rings is 1. The van der Waals surface area contributed by atoms with Gasteiger partial charge in [0.1, 0.15) is 22.9 Å². The van der Waals surface area contributed by atoms with Gasteiger partial charge in [0.2, 0.25) is 0 Å². The van der Waals surface area contributed by atoms with Gasteiger partial charge in [-0.3, -0.25) is 4.98 Å². The zero-order valence-corrected chi connectivity index (χ0v) is 20.0. The number of aromatic nitrogens is 1. The molecule has 1 saturated heterocycles. The number of aryl methyl sites for hydroxylation is 1. The summed E-state index contributed by atoms with van der Waals surface area (Å²) in [6.07, 6.45) is -0.262. The normalized spacial score (nSPS) is 14.1. The lowest BCUT2D eigenvalue weighted by molar-refractivity contribution is 0.0240. The van der Waals surface area contributed by atoms with Crippen LogP contribution in [0.4, 0.5) is 14.9 Å². The first-order chi connectivity index (χ1) is 16.2. The summed E-state index contributed by atoms with van der Waals surface area (Å²) in [6.45, 7) is 10.3. The van der Waals surface area contributed by atoms with E-state index in [1.165, 1.54) is 12.1 Å². The second kappa shape index (κ2) is 9.71. The minimum absolute atomic E-state index is 0.262. The molecule has 7 heteroatoms. The van der Waals surface area contributed by atoms with Crippen LogP contribution in [0.15, 0.2) is 60.7 Å². The Morgan fingerprint density at radius 3 is 2.09 bits per heavy atom. The Bertz CT molecular complexity index is 1130. The predicted molar refractivity (Wildman–Crippen MR) is 131 cm³/mol. The molecule has 0 unspecified atom stereocenters.